The fourth-order valence-corrected chi connectivity index (χ4v) is 2.08. The van der Waals surface area contributed by atoms with Gasteiger partial charge >= 0.3 is 5.97 Å². The SMILES string of the molecule is CCOC(=O)C1(NC)CCN(CC)CC1. The van der Waals surface area contributed by atoms with Gasteiger partial charge in [-0.1, -0.05) is 6.92 Å². The number of carbonyl (C=O) groups excluding carboxylic acids is 1. The minimum absolute atomic E-state index is 0.0942. The molecule has 88 valence electrons. The van der Waals surface area contributed by atoms with Crippen molar-refractivity contribution in [1.82, 2.24) is 10.2 Å². The Morgan fingerprint density at radius 3 is 2.40 bits per heavy atom. The molecule has 1 aliphatic heterocycles. The molecule has 0 aromatic heterocycles. The lowest BCUT2D eigenvalue weighted by molar-refractivity contribution is -0.153. The van der Waals surface area contributed by atoms with Crippen LogP contribution < -0.4 is 5.32 Å². The molecule has 0 radical (unpaired) electrons. The molecule has 0 aromatic carbocycles. The first-order chi connectivity index (χ1) is 7.18. The van der Waals surface area contributed by atoms with Crippen LogP contribution in [0.4, 0.5) is 0 Å². The Hall–Kier alpha value is -0.610. The van der Waals surface area contributed by atoms with Gasteiger partial charge in [0.05, 0.1) is 6.61 Å². The molecule has 0 aliphatic carbocycles. The lowest BCUT2D eigenvalue weighted by Crippen LogP contribution is -2.57. The predicted molar refractivity (Wildman–Crippen MR) is 59.8 cm³/mol. The number of hydrogen-bond acceptors (Lipinski definition) is 4. The first kappa shape index (κ1) is 12.5. The quantitative estimate of drug-likeness (QED) is 0.697. The van der Waals surface area contributed by atoms with Crippen molar-refractivity contribution in [3.05, 3.63) is 0 Å². The molecule has 0 spiro atoms. The van der Waals surface area contributed by atoms with Gasteiger partial charge in [0.25, 0.3) is 0 Å². The second-order valence-corrected chi connectivity index (χ2v) is 3.99. The van der Waals surface area contributed by atoms with E-state index in [1.807, 2.05) is 14.0 Å². The Bertz CT molecular complexity index is 211. The van der Waals surface area contributed by atoms with Crippen LogP contribution in [0.1, 0.15) is 26.7 Å². The molecule has 0 bridgehead atoms. The summed E-state index contributed by atoms with van der Waals surface area (Å²) in [5, 5.41) is 3.15. The number of rotatable bonds is 4. The number of likely N-dealkylation sites (N-methyl/N-ethyl adjacent to an activating group) is 1. The number of esters is 1. The highest BCUT2D eigenvalue weighted by molar-refractivity contribution is 5.81. The van der Waals surface area contributed by atoms with Gasteiger partial charge in [-0.15, -0.1) is 0 Å². The average Bonchev–Trinajstić information content (AvgIpc) is 2.29. The van der Waals surface area contributed by atoms with Crippen molar-refractivity contribution < 1.29 is 9.53 Å². The molecule has 0 amide bonds. The number of nitrogens with zero attached hydrogens (tertiary/aromatic N) is 1. The first-order valence-electron chi connectivity index (χ1n) is 5.77. The summed E-state index contributed by atoms with van der Waals surface area (Å²) in [4.78, 5) is 14.2. The third-order valence-corrected chi connectivity index (χ3v) is 3.30. The fourth-order valence-electron chi connectivity index (χ4n) is 2.08. The van der Waals surface area contributed by atoms with Crippen molar-refractivity contribution >= 4 is 5.97 Å². The molecule has 0 unspecified atom stereocenters. The lowest BCUT2D eigenvalue weighted by Gasteiger charge is -2.39. The monoisotopic (exact) mass is 214 g/mol. The van der Waals surface area contributed by atoms with E-state index in [-0.39, 0.29) is 5.97 Å². The summed E-state index contributed by atoms with van der Waals surface area (Å²) in [5.41, 5.74) is -0.443. The Morgan fingerprint density at radius 2 is 2.00 bits per heavy atom. The molecule has 4 nitrogen and oxygen atoms in total. The standard InChI is InChI=1S/C11H22N2O2/c1-4-13-8-6-11(12-3,7-9-13)10(14)15-5-2/h12H,4-9H2,1-3H3. The van der Waals surface area contributed by atoms with Crippen LogP contribution in [0.2, 0.25) is 0 Å². The van der Waals surface area contributed by atoms with Gasteiger partial charge in [-0.05, 0) is 33.4 Å². The molecule has 4 heteroatoms. The van der Waals surface area contributed by atoms with Gasteiger partial charge in [0.2, 0.25) is 0 Å². The van der Waals surface area contributed by atoms with Crippen LogP contribution in [-0.4, -0.2) is 49.7 Å². The highest BCUT2D eigenvalue weighted by Gasteiger charge is 2.40. The number of carbonyl (C=O) groups is 1. The molecule has 1 saturated heterocycles. The average molecular weight is 214 g/mol. The molecule has 1 rings (SSSR count). The minimum Gasteiger partial charge on any atom is -0.465 e. The topological polar surface area (TPSA) is 41.6 Å². The third-order valence-electron chi connectivity index (χ3n) is 3.30. The summed E-state index contributed by atoms with van der Waals surface area (Å²) in [7, 11) is 1.85. The van der Waals surface area contributed by atoms with Crippen molar-refractivity contribution in [2.45, 2.75) is 32.2 Å². The number of ether oxygens (including phenoxy) is 1. The molecule has 0 atom stereocenters. The Labute approximate surface area is 92.0 Å². The molecule has 0 saturated carbocycles. The van der Waals surface area contributed by atoms with Crippen molar-refractivity contribution in [3.63, 3.8) is 0 Å². The second kappa shape index (κ2) is 5.47. The summed E-state index contributed by atoms with van der Waals surface area (Å²) in [6.45, 7) is 7.45. The van der Waals surface area contributed by atoms with Crippen molar-refractivity contribution in [2.24, 2.45) is 0 Å². The molecule has 1 N–H and O–H groups in total. The summed E-state index contributed by atoms with van der Waals surface area (Å²) < 4.78 is 5.12. The van der Waals surface area contributed by atoms with Gasteiger partial charge in [-0.3, -0.25) is 4.79 Å². The predicted octanol–water partition coefficient (Wildman–Crippen LogP) is 0.623. The zero-order chi connectivity index (χ0) is 11.3. The summed E-state index contributed by atoms with van der Waals surface area (Å²) >= 11 is 0. The van der Waals surface area contributed by atoms with E-state index in [1.54, 1.807) is 0 Å². The number of likely N-dealkylation sites (tertiary alicyclic amines) is 1. The minimum atomic E-state index is -0.443. The summed E-state index contributed by atoms with van der Waals surface area (Å²) in [6.07, 6.45) is 1.69. The van der Waals surface area contributed by atoms with Gasteiger partial charge in [-0.25, -0.2) is 0 Å². The van der Waals surface area contributed by atoms with E-state index in [9.17, 15) is 4.79 Å². The first-order valence-corrected chi connectivity index (χ1v) is 5.77. The highest BCUT2D eigenvalue weighted by Crippen LogP contribution is 2.23. The maximum atomic E-state index is 11.8. The fraction of sp³-hybridized carbons (Fsp3) is 0.909. The van der Waals surface area contributed by atoms with Crippen LogP contribution in [0.5, 0.6) is 0 Å². The smallest absolute Gasteiger partial charge is 0.326 e. The van der Waals surface area contributed by atoms with E-state index in [0.717, 1.165) is 32.5 Å². The van der Waals surface area contributed by atoms with Crippen LogP contribution >= 0.6 is 0 Å². The molecule has 0 aromatic rings. The van der Waals surface area contributed by atoms with E-state index in [1.165, 1.54) is 0 Å². The van der Waals surface area contributed by atoms with Crippen molar-refractivity contribution in [1.29, 1.82) is 0 Å². The van der Waals surface area contributed by atoms with Gasteiger partial charge < -0.3 is 15.0 Å². The zero-order valence-corrected chi connectivity index (χ0v) is 10.0. The molecule has 15 heavy (non-hydrogen) atoms. The molecule has 1 heterocycles. The molecular weight excluding hydrogens is 192 g/mol. The highest BCUT2D eigenvalue weighted by atomic mass is 16.5. The van der Waals surface area contributed by atoms with Gasteiger partial charge in [0.1, 0.15) is 5.54 Å². The van der Waals surface area contributed by atoms with Crippen LogP contribution in [-0.2, 0) is 9.53 Å². The summed E-state index contributed by atoms with van der Waals surface area (Å²) in [6, 6.07) is 0. The van der Waals surface area contributed by atoms with E-state index in [2.05, 4.69) is 17.1 Å². The maximum absolute atomic E-state index is 11.8. The van der Waals surface area contributed by atoms with E-state index >= 15 is 0 Å². The van der Waals surface area contributed by atoms with Gasteiger partial charge in [0.15, 0.2) is 0 Å². The Balaban J connectivity index is 2.59. The molecule has 1 aliphatic rings. The van der Waals surface area contributed by atoms with Crippen LogP contribution in [0.15, 0.2) is 0 Å². The Morgan fingerprint density at radius 1 is 1.40 bits per heavy atom. The normalized spacial score (nSPS) is 21.3. The van der Waals surface area contributed by atoms with Gasteiger partial charge in [-0.2, -0.15) is 0 Å². The molecule has 1 fully saturated rings. The van der Waals surface area contributed by atoms with Crippen molar-refractivity contribution in [3.8, 4) is 0 Å². The van der Waals surface area contributed by atoms with Gasteiger partial charge in [0, 0.05) is 13.1 Å². The molecular formula is C11H22N2O2. The summed E-state index contributed by atoms with van der Waals surface area (Å²) in [5.74, 6) is -0.0942. The van der Waals surface area contributed by atoms with E-state index in [0.29, 0.717) is 6.61 Å². The van der Waals surface area contributed by atoms with Crippen LogP contribution in [0.3, 0.4) is 0 Å². The second-order valence-electron chi connectivity index (χ2n) is 3.99. The zero-order valence-electron chi connectivity index (χ0n) is 10.0. The lowest BCUT2D eigenvalue weighted by atomic mass is 9.87. The third kappa shape index (κ3) is 2.69. The number of piperidine rings is 1. The maximum Gasteiger partial charge on any atom is 0.326 e. The Kier molecular flexibility index (Phi) is 4.54. The van der Waals surface area contributed by atoms with Crippen LogP contribution in [0, 0.1) is 0 Å². The number of hydrogen-bond donors (Lipinski definition) is 1. The van der Waals surface area contributed by atoms with E-state index < -0.39 is 5.54 Å². The van der Waals surface area contributed by atoms with Crippen LogP contribution in [0.25, 0.3) is 0 Å². The largest absolute Gasteiger partial charge is 0.465 e. The number of nitrogens with one attached hydrogen (secondary N) is 1. The van der Waals surface area contributed by atoms with Crippen molar-refractivity contribution in [2.75, 3.05) is 33.3 Å². The van der Waals surface area contributed by atoms with E-state index in [4.69, 9.17) is 4.74 Å².